The lowest BCUT2D eigenvalue weighted by atomic mass is 9.44. The van der Waals surface area contributed by atoms with Gasteiger partial charge in [-0.15, -0.1) is 0 Å². The molecule has 0 bridgehead atoms. The lowest BCUT2D eigenvalue weighted by molar-refractivity contribution is -0.372. The van der Waals surface area contributed by atoms with E-state index in [-0.39, 0.29) is 41.7 Å². The SMILES string of the molecule is CC=C(C)C(=O)OC1CC2C(CC=C3CC(OC4CC(OC)C(OC5CC(OC)C(OC6OC(C)C(OC7OC(CO)C(O)C(O)C7O)C(O)C6O)C(C)O5)C(C)O4)CCC32C)C2(O)CCC(C(C)OC(C)=O)C12C. The van der Waals surface area contributed by atoms with Gasteiger partial charge in [0.2, 0.25) is 0 Å². The number of esters is 2. The van der Waals surface area contributed by atoms with Crippen LogP contribution in [-0.4, -0.2) is 203 Å². The number of rotatable bonds is 15. The molecule has 3 saturated carbocycles. The average Bonchev–Trinajstić information content (AvgIpc) is 3.71. The van der Waals surface area contributed by atoms with Crippen molar-refractivity contribution in [1.82, 2.24) is 0 Å². The van der Waals surface area contributed by atoms with E-state index in [1.807, 2.05) is 20.8 Å². The molecule has 4 aliphatic carbocycles. The van der Waals surface area contributed by atoms with E-state index >= 15 is 0 Å². The Bertz CT molecular complexity index is 2040. The van der Waals surface area contributed by atoms with Gasteiger partial charge < -0.3 is 92.6 Å². The van der Waals surface area contributed by atoms with Crippen molar-refractivity contribution < 1.29 is 102 Å². The number of fused-ring (bicyclic) bond motifs is 5. The van der Waals surface area contributed by atoms with Gasteiger partial charge in [0, 0.05) is 50.9 Å². The molecule has 27 unspecified atom stereocenters. The van der Waals surface area contributed by atoms with E-state index in [0.717, 1.165) is 12.8 Å². The highest BCUT2D eigenvalue weighted by atomic mass is 16.8. The maximum atomic E-state index is 13.5. The Labute approximate surface area is 440 Å². The van der Waals surface area contributed by atoms with Crippen LogP contribution in [-0.2, 0) is 66.4 Å². The summed E-state index contributed by atoms with van der Waals surface area (Å²) in [5.74, 6) is -1.04. The van der Waals surface area contributed by atoms with Crippen LogP contribution in [0.4, 0.5) is 0 Å². The molecule has 21 heteroatoms. The quantitative estimate of drug-likeness (QED) is 0.0703. The molecule has 7 N–H and O–H groups in total. The van der Waals surface area contributed by atoms with Crippen LogP contribution >= 0.6 is 0 Å². The first-order valence-electron chi connectivity index (χ1n) is 27.2. The van der Waals surface area contributed by atoms with Crippen molar-refractivity contribution in [2.24, 2.45) is 28.6 Å². The van der Waals surface area contributed by atoms with Gasteiger partial charge in [-0.3, -0.25) is 4.79 Å². The summed E-state index contributed by atoms with van der Waals surface area (Å²) in [6.07, 6.45) is -11.4. The molecule has 0 aromatic rings. The maximum Gasteiger partial charge on any atom is 0.333 e. The van der Waals surface area contributed by atoms with Crippen LogP contribution in [0, 0.1) is 28.6 Å². The third kappa shape index (κ3) is 11.0. The first kappa shape index (κ1) is 58.9. The summed E-state index contributed by atoms with van der Waals surface area (Å²) in [7, 11) is 3.14. The van der Waals surface area contributed by atoms with E-state index in [2.05, 4.69) is 13.0 Å². The molecule has 27 atom stereocenters. The molecule has 0 radical (unpaired) electrons. The summed E-state index contributed by atoms with van der Waals surface area (Å²) in [6.45, 7) is 15.7. The Hall–Kier alpha value is -2.26. The Balaban J connectivity index is 0.867. The number of aliphatic hydroxyl groups excluding tert-OH is 6. The minimum absolute atomic E-state index is 0.0292. The third-order valence-electron chi connectivity index (χ3n) is 19.0. The van der Waals surface area contributed by atoms with Gasteiger partial charge in [0.05, 0.1) is 48.8 Å². The maximum absolute atomic E-state index is 13.5. The summed E-state index contributed by atoms with van der Waals surface area (Å²) in [6, 6.07) is 0. The molecular formula is C54H86O21. The number of hydrogen-bond donors (Lipinski definition) is 7. The van der Waals surface area contributed by atoms with Crippen LogP contribution in [0.15, 0.2) is 23.3 Å². The second-order valence-electron chi connectivity index (χ2n) is 23.1. The highest BCUT2D eigenvalue weighted by Crippen LogP contribution is 2.69. The molecule has 7 fully saturated rings. The number of aliphatic hydroxyl groups is 7. The number of ether oxygens (including phenoxy) is 12. The lowest BCUT2D eigenvalue weighted by Gasteiger charge is -2.63. The number of carbonyl (C=O) groups excluding carboxylic acids is 2. The first-order valence-corrected chi connectivity index (χ1v) is 27.2. The third-order valence-corrected chi connectivity index (χ3v) is 19.0. The van der Waals surface area contributed by atoms with E-state index < -0.39 is 146 Å². The predicted molar refractivity (Wildman–Crippen MR) is 262 cm³/mol. The van der Waals surface area contributed by atoms with E-state index in [1.54, 1.807) is 40.9 Å². The second-order valence-corrected chi connectivity index (χ2v) is 23.1. The monoisotopic (exact) mass is 1070 g/mol. The van der Waals surface area contributed by atoms with Gasteiger partial charge in [-0.2, -0.15) is 0 Å². The molecule has 0 amide bonds. The smallest absolute Gasteiger partial charge is 0.333 e. The topological polar surface area (TPSA) is 287 Å². The highest BCUT2D eigenvalue weighted by Gasteiger charge is 2.72. The molecular weight excluding hydrogens is 985 g/mol. The predicted octanol–water partition coefficient (Wildman–Crippen LogP) is 2.23. The van der Waals surface area contributed by atoms with Crippen LogP contribution in [0.1, 0.15) is 120 Å². The normalized spacial score (nSPS) is 49.7. The number of allylic oxidation sites excluding steroid dienone is 2. The van der Waals surface area contributed by atoms with Crippen molar-refractivity contribution in [3.05, 3.63) is 23.3 Å². The molecule has 0 aromatic carbocycles. The fraction of sp³-hybridized carbons (Fsp3) is 0.889. The minimum atomic E-state index is -1.73. The van der Waals surface area contributed by atoms with Gasteiger partial charge in [0.15, 0.2) is 25.2 Å². The lowest BCUT2D eigenvalue weighted by Crippen LogP contribution is -2.67. The second kappa shape index (κ2) is 23.4. The molecule has 4 saturated heterocycles. The van der Waals surface area contributed by atoms with E-state index in [1.165, 1.54) is 19.6 Å². The number of methoxy groups -OCH3 is 2. The summed E-state index contributed by atoms with van der Waals surface area (Å²) in [4.78, 5) is 25.7. The Morgan fingerprint density at radius 1 is 0.747 bits per heavy atom. The van der Waals surface area contributed by atoms with Gasteiger partial charge in [0.1, 0.15) is 67.1 Å². The zero-order valence-corrected chi connectivity index (χ0v) is 45.4. The molecule has 428 valence electrons. The molecule has 4 aliphatic heterocycles. The van der Waals surface area contributed by atoms with Crippen molar-refractivity contribution in [3.63, 3.8) is 0 Å². The van der Waals surface area contributed by atoms with Crippen molar-refractivity contribution in [2.45, 2.75) is 255 Å². The van der Waals surface area contributed by atoms with Crippen molar-refractivity contribution in [2.75, 3.05) is 20.8 Å². The minimum Gasteiger partial charge on any atom is -0.463 e. The Kier molecular flexibility index (Phi) is 18.4. The number of hydrogen-bond acceptors (Lipinski definition) is 21. The van der Waals surface area contributed by atoms with Gasteiger partial charge in [-0.25, -0.2) is 4.79 Å². The van der Waals surface area contributed by atoms with Crippen LogP contribution < -0.4 is 0 Å². The van der Waals surface area contributed by atoms with Gasteiger partial charge >= 0.3 is 11.9 Å². The van der Waals surface area contributed by atoms with E-state index in [0.29, 0.717) is 44.1 Å². The first-order chi connectivity index (χ1) is 35.4. The summed E-state index contributed by atoms with van der Waals surface area (Å²) < 4.78 is 73.9. The van der Waals surface area contributed by atoms with E-state index in [4.69, 9.17) is 56.8 Å². The molecule has 0 aromatic heterocycles. The zero-order chi connectivity index (χ0) is 54.6. The largest absolute Gasteiger partial charge is 0.463 e. The zero-order valence-electron chi connectivity index (χ0n) is 45.4. The molecule has 75 heavy (non-hydrogen) atoms. The Morgan fingerprint density at radius 3 is 1.95 bits per heavy atom. The Morgan fingerprint density at radius 2 is 1.33 bits per heavy atom. The number of carbonyl (C=O) groups is 2. The molecule has 21 nitrogen and oxygen atoms in total. The van der Waals surface area contributed by atoms with Crippen LogP contribution in [0.25, 0.3) is 0 Å². The highest BCUT2D eigenvalue weighted by molar-refractivity contribution is 5.87. The van der Waals surface area contributed by atoms with E-state index in [9.17, 15) is 45.3 Å². The molecule has 0 spiro atoms. The molecule has 8 aliphatic rings. The fourth-order valence-electron chi connectivity index (χ4n) is 14.5. The summed E-state index contributed by atoms with van der Waals surface area (Å²) >= 11 is 0. The standard InChI is InChI=1S/C54H86O21/c1-12-24(2)49(62)72-38-20-34-33(54(63)18-16-32(53(38,54)9)25(3)66-29(7)56)14-13-30-19-31(15-17-52(30,34)8)70-39-21-35(64-10)46(26(4)67-39)73-40-22-36(65-11)47(27(5)68-40)74-50-45(61)43(59)48(28(6)69-50)75-51-44(60)42(58)41(57)37(23-55)71-51/h12-13,25-28,31-48,50-51,55,57-61,63H,14-23H2,1-11H3. The average molecular weight is 1070 g/mol. The van der Waals surface area contributed by atoms with Crippen LogP contribution in [0.2, 0.25) is 0 Å². The van der Waals surface area contributed by atoms with Gasteiger partial charge in [-0.1, -0.05) is 31.6 Å². The van der Waals surface area contributed by atoms with Crippen molar-refractivity contribution in [1.29, 1.82) is 0 Å². The van der Waals surface area contributed by atoms with Gasteiger partial charge in [0.25, 0.3) is 0 Å². The van der Waals surface area contributed by atoms with Gasteiger partial charge in [-0.05, 0) is 104 Å². The summed E-state index contributed by atoms with van der Waals surface area (Å²) in [5.41, 5.74) is -0.511. The van der Waals surface area contributed by atoms with Crippen LogP contribution in [0.5, 0.6) is 0 Å². The molecule has 4 heterocycles. The fourth-order valence-corrected chi connectivity index (χ4v) is 14.5. The summed E-state index contributed by atoms with van der Waals surface area (Å²) in [5, 5.41) is 76.0. The van der Waals surface area contributed by atoms with Crippen molar-refractivity contribution in [3.8, 4) is 0 Å². The van der Waals surface area contributed by atoms with Crippen molar-refractivity contribution >= 4 is 11.9 Å². The van der Waals surface area contributed by atoms with Crippen LogP contribution in [0.3, 0.4) is 0 Å². The molecule has 8 rings (SSSR count).